The maximum Gasteiger partial charge on any atom is 0.253 e. The Morgan fingerprint density at radius 3 is 2.61 bits per heavy atom. The normalized spacial score (nSPS) is 19.8. The number of nitrogens with two attached hydrogens (primary N) is 3. The van der Waals surface area contributed by atoms with Crippen molar-refractivity contribution in [2.45, 2.75) is 49.2 Å². The molecule has 9 heteroatoms. The number of pyridine rings is 1. The van der Waals surface area contributed by atoms with Crippen LogP contribution >= 0.6 is 11.9 Å². The van der Waals surface area contributed by atoms with Crippen LogP contribution in [0.5, 0.6) is 0 Å². The molecule has 0 spiro atoms. The summed E-state index contributed by atoms with van der Waals surface area (Å²) in [4.78, 5) is 21.5. The Hall–Kier alpha value is -2.88. The van der Waals surface area contributed by atoms with Crippen molar-refractivity contribution in [2.75, 3.05) is 0 Å². The molecule has 3 rings (SSSR count). The molecule has 1 aromatic heterocycles. The molecule has 1 heterocycles. The first-order valence-corrected chi connectivity index (χ1v) is 11.1. The number of aliphatic imine (C=N–C) groups is 1. The fourth-order valence-electron chi connectivity index (χ4n) is 3.31. The van der Waals surface area contributed by atoms with Crippen molar-refractivity contribution in [3.63, 3.8) is 0 Å². The summed E-state index contributed by atoms with van der Waals surface area (Å²) in [6, 6.07) is 13.5. The molecule has 1 fully saturated rings. The van der Waals surface area contributed by atoms with Gasteiger partial charge in [-0.3, -0.25) is 14.5 Å². The Labute approximate surface area is 186 Å². The van der Waals surface area contributed by atoms with Crippen LogP contribution in [0.15, 0.2) is 70.3 Å². The van der Waals surface area contributed by atoms with Crippen molar-refractivity contribution in [1.29, 1.82) is 0 Å². The Morgan fingerprint density at radius 2 is 1.94 bits per heavy atom. The number of nitrogens with one attached hydrogen (secondary N) is 2. The van der Waals surface area contributed by atoms with Crippen LogP contribution in [0.25, 0.3) is 0 Å². The van der Waals surface area contributed by atoms with Crippen LogP contribution in [-0.4, -0.2) is 28.8 Å². The topological polar surface area (TPSA) is 144 Å². The van der Waals surface area contributed by atoms with E-state index in [0.717, 1.165) is 36.3 Å². The third-order valence-corrected chi connectivity index (χ3v) is 5.85. The number of benzene rings is 1. The summed E-state index contributed by atoms with van der Waals surface area (Å²) in [5, 5.41) is 3.20. The van der Waals surface area contributed by atoms with Gasteiger partial charge in [-0.2, -0.15) is 0 Å². The van der Waals surface area contributed by atoms with Crippen molar-refractivity contribution in [3.05, 3.63) is 66.1 Å². The molecule has 0 radical (unpaired) electrons. The molecule has 1 aliphatic rings. The highest BCUT2D eigenvalue weighted by atomic mass is 32.2. The predicted octanol–water partition coefficient (Wildman–Crippen LogP) is 2.10. The number of aromatic nitrogens is 1. The van der Waals surface area contributed by atoms with Crippen molar-refractivity contribution >= 4 is 29.4 Å². The molecular weight excluding hydrogens is 410 g/mol. The molecule has 8 nitrogen and oxygen atoms in total. The third-order valence-electron chi connectivity index (χ3n) is 5.06. The highest BCUT2D eigenvalue weighted by Gasteiger charge is 2.21. The summed E-state index contributed by atoms with van der Waals surface area (Å²) in [7, 11) is 0. The standard InChI is InChI=1S/C22H29N7OS/c23-19-6-1-2-7-20(19)27-14-18(22(25)30)21(24)29-15-8-10-17(11-9-15)31-28-13-16-5-3-4-12-26-16/h3-5,8-12,14,19-20,27-28H,1-2,6-7,13,23H2,(H2,24,29)(H2,25,30)/b18-14+. The number of nitrogens with zero attached hydrogens (tertiary/aromatic N) is 2. The molecule has 1 amide bonds. The van der Waals surface area contributed by atoms with Gasteiger partial charge in [0.05, 0.1) is 17.0 Å². The molecule has 2 unspecified atom stereocenters. The number of rotatable bonds is 9. The van der Waals surface area contributed by atoms with E-state index >= 15 is 0 Å². The summed E-state index contributed by atoms with van der Waals surface area (Å²) >= 11 is 1.50. The van der Waals surface area contributed by atoms with E-state index in [1.54, 1.807) is 12.4 Å². The van der Waals surface area contributed by atoms with Gasteiger partial charge in [-0.1, -0.05) is 18.9 Å². The van der Waals surface area contributed by atoms with Crippen molar-refractivity contribution in [1.82, 2.24) is 15.0 Å². The molecule has 8 N–H and O–H groups in total. The lowest BCUT2D eigenvalue weighted by molar-refractivity contribution is -0.114. The van der Waals surface area contributed by atoms with E-state index < -0.39 is 5.91 Å². The highest BCUT2D eigenvalue weighted by Crippen LogP contribution is 2.21. The second-order valence-corrected chi connectivity index (χ2v) is 8.34. The van der Waals surface area contributed by atoms with E-state index in [4.69, 9.17) is 17.2 Å². The monoisotopic (exact) mass is 439 g/mol. The average molecular weight is 440 g/mol. The Bertz CT molecular complexity index is 915. The van der Waals surface area contributed by atoms with Crippen molar-refractivity contribution in [2.24, 2.45) is 22.2 Å². The third kappa shape index (κ3) is 7.09. The summed E-state index contributed by atoms with van der Waals surface area (Å²) in [5.74, 6) is -0.568. The van der Waals surface area contributed by atoms with Crippen LogP contribution in [0.3, 0.4) is 0 Å². The van der Waals surface area contributed by atoms with Crippen LogP contribution in [0.2, 0.25) is 0 Å². The van der Waals surface area contributed by atoms with Crippen molar-refractivity contribution in [3.8, 4) is 0 Å². The smallest absolute Gasteiger partial charge is 0.253 e. The summed E-state index contributed by atoms with van der Waals surface area (Å²) in [6.07, 6.45) is 7.46. The van der Waals surface area contributed by atoms with Gasteiger partial charge in [-0.15, -0.1) is 0 Å². The van der Waals surface area contributed by atoms with Gasteiger partial charge in [0.25, 0.3) is 5.91 Å². The zero-order chi connectivity index (χ0) is 22.1. The number of amides is 1. The van der Waals surface area contributed by atoms with Gasteiger partial charge < -0.3 is 22.5 Å². The quantitative estimate of drug-likeness (QED) is 0.174. The average Bonchev–Trinajstić information content (AvgIpc) is 2.77. The molecule has 31 heavy (non-hydrogen) atoms. The van der Waals surface area contributed by atoms with Crippen LogP contribution < -0.4 is 27.2 Å². The molecule has 0 saturated heterocycles. The molecule has 0 aliphatic heterocycles. The fourth-order valence-corrected chi connectivity index (χ4v) is 3.97. The van der Waals surface area contributed by atoms with Gasteiger partial charge in [-0.25, -0.2) is 4.99 Å². The molecule has 1 aromatic carbocycles. The number of amidine groups is 1. The van der Waals surface area contributed by atoms with E-state index in [-0.39, 0.29) is 23.5 Å². The van der Waals surface area contributed by atoms with Gasteiger partial charge in [0, 0.05) is 35.9 Å². The van der Waals surface area contributed by atoms with Crippen LogP contribution in [0.1, 0.15) is 31.4 Å². The minimum absolute atomic E-state index is 0.0496. The van der Waals surface area contributed by atoms with Crippen LogP contribution in [-0.2, 0) is 11.3 Å². The van der Waals surface area contributed by atoms with E-state index in [0.29, 0.717) is 12.2 Å². The number of carbonyl (C=O) groups excluding carboxylic acids is 1. The number of hydrogen-bond donors (Lipinski definition) is 5. The second-order valence-electron chi connectivity index (χ2n) is 7.38. The molecule has 1 aliphatic carbocycles. The molecule has 0 bridgehead atoms. The lowest BCUT2D eigenvalue weighted by atomic mass is 9.91. The summed E-state index contributed by atoms with van der Waals surface area (Å²) < 4.78 is 3.27. The first-order valence-electron chi connectivity index (χ1n) is 10.3. The van der Waals surface area contributed by atoms with E-state index in [1.165, 1.54) is 11.9 Å². The highest BCUT2D eigenvalue weighted by molar-refractivity contribution is 7.97. The predicted molar refractivity (Wildman–Crippen MR) is 125 cm³/mol. The molecule has 1 saturated carbocycles. The minimum Gasteiger partial charge on any atom is -0.386 e. The number of primary amides is 1. The Morgan fingerprint density at radius 1 is 1.16 bits per heavy atom. The lowest BCUT2D eigenvalue weighted by Crippen LogP contribution is -2.45. The second kappa shape index (κ2) is 11.5. The number of hydrogen-bond acceptors (Lipinski definition) is 7. The first-order chi connectivity index (χ1) is 15.0. The van der Waals surface area contributed by atoms with Gasteiger partial charge >= 0.3 is 0 Å². The zero-order valence-electron chi connectivity index (χ0n) is 17.3. The Kier molecular flexibility index (Phi) is 8.45. The van der Waals surface area contributed by atoms with Crippen LogP contribution in [0.4, 0.5) is 5.69 Å². The van der Waals surface area contributed by atoms with E-state index in [2.05, 4.69) is 20.0 Å². The maximum absolute atomic E-state index is 11.9. The van der Waals surface area contributed by atoms with E-state index in [9.17, 15) is 4.79 Å². The van der Waals surface area contributed by atoms with Gasteiger partial charge in [-0.05, 0) is 61.2 Å². The SMILES string of the molecule is NC(=O)/C(=C/NC1CCCCC1N)C(N)=Nc1ccc(SNCc2ccccn2)cc1. The zero-order valence-corrected chi connectivity index (χ0v) is 18.1. The summed E-state index contributed by atoms with van der Waals surface area (Å²) in [5.41, 5.74) is 19.5. The molecule has 2 aromatic rings. The minimum atomic E-state index is -0.635. The van der Waals surface area contributed by atoms with E-state index in [1.807, 2.05) is 42.5 Å². The van der Waals surface area contributed by atoms with Crippen molar-refractivity contribution < 1.29 is 4.79 Å². The number of carbonyl (C=O) groups is 1. The lowest BCUT2D eigenvalue weighted by Gasteiger charge is -2.29. The van der Waals surface area contributed by atoms with Gasteiger partial charge in [0.1, 0.15) is 5.84 Å². The fraction of sp³-hybridized carbons (Fsp3) is 0.318. The maximum atomic E-state index is 11.9. The molecule has 2 atom stereocenters. The molecular formula is C22H29N7OS. The Balaban J connectivity index is 1.59. The van der Waals surface area contributed by atoms with Gasteiger partial charge in [0.2, 0.25) is 0 Å². The van der Waals surface area contributed by atoms with Crippen LogP contribution in [0, 0.1) is 0 Å². The largest absolute Gasteiger partial charge is 0.386 e. The summed E-state index contributed by atoms with van der Waals surface area (Å²) in [6.45, 7) is 0.656. The van der Waals surface area contributed by atoms with Gasteiger partial charge in [0.15, 0.2) is 0 Å². The first kappa shape index (κ1) is 22.8. The molecule has 164 valence electrons.